The van der Waals surface area contributed by atoms with E-state index in [1.807, 2.05) is 67.6 Å². The van der Waals surface area contributed by atoms with Crippen LogP contribution in [0.15, 0.2) is 67.2 Å². The standard InChI is InChI=1S/C17H16O/c1-13(15-9-5-3-6-10-15)14(2)17(18)16-11-7-4-8-12-16/h3-12,14H,1H2,2H3. The van der Waals surface area contributed by atoms with Gasteiger partial charge in [-0.3, -0.25) is 4.79 Å². The molecule has 0 radical (unpaired) electrons. The quantitative estimate of drug-likeness (QED) is 0.726. The van der Waals surface area contributed by atoms with E-state index in [2.05, 4.69) is 6.58 Å². The van der Waals surface area contributed by atoms with E-state index in [1.54, 1.807) is 0 Å². The van der Waals surface area contributed by atoms with E-state index in [4.69, 9.17) is 0 Å². The summed E-state index contributed by atoms with van der Waals surface area (Å²) in [6, 6.07) is 19.2. The Balaban J connectivity index is 2.20. The summed E-state index contributed by atoms with van der Waals surface area (Å²) in [5.41, 5.74) is 2.63. The molecule has 0 heterocycles. The van der Waals surface area contributed by atoms with Crippen LogP contribution in [0.25, 0.3) is 5.57 Å². The average Bonchev–Trinajstić information content (AvgIpc) is 2.47. The zero-order valence-corrected chi connectivity index (χ0v) is 10.5. The smallest absolute Gasteiger partial charge is 0.170 e. The first-order valence-corrected chi connectivity index (χ1v) is 6.03. The molecule has 0 saturated carbocycles. The maximum absolute atomic E-state index is 12.3. The molecule has 1 nitrogen and oxygen atoms in total. The molecule has 0 fully saturated rings. The third-order valence-electron chi connectivity index (χ3n) is 3.12. The van der Waals surface area contributed by atoms with E-state index in [0.29, 0.717) is 0 Å². The van der Waals surface area contributed by atoms with Crippen molar-refractivity contribution < 1.29 is 4.79 Å². The first-order chi connectivity index (χ1) is 8.70. The minimum absolute atomic E-state index is 0.115. The Morgan fingerprint density at radius 3 is 1.83 bits per heavy atom. The predicted molar refractivity (Wildman–Crippen MR) is 75.4 cm³/mol. The van der Waals surface area contributed by atoms with Gasteiger partial charge in [-0.25, -0.2) is 0 Å². The fourth-order valence-corrected chi connectivity index (χ4v) is 1.91. The van der Waals surface area contributed by atoms with Crippen LogP contribution in [0.2, 0.25) is 0 Å². The molecule has 0 aliphatic carbocycles. The lowest BCUT2D eigenvalue weighted by atomic mass is 9.89. The molecule has 0 amide bonds. The number of benzene rings is 2. The van der Waals surface area contributed by atoms with E-state index in [0.717, 1.165) is 16.7 Å². The lowest BCUT2D eigenvalue weighted by Gasteiger charge is -2.14. The van der Waals surface area contributed by atoms with Crippen LogP contribution in [-0.2, 0) is 0 Å². The van der Waals surface area contributed by atoms with Gasteiger partial charge in [0.1, 0.15) is 0 Å². The molecule has 0 N–H and O–H groups in total. The molecule has 2 rings (SSSR count). The summed E-state index contributed by atoms with van der Waals surface area (Å²) in [5.74, 6) is -0.0840. The Kier molecular flexibility index (Phi) is 3.73. The van der Waals surface area contributed by atoms with Crippen molar-refractivity contribution in [2.75, 3.05) is 0 Å². The van der Waals surface area contributed by atoms with Gasteiger partial charge in [-0.2, -0.15) is 0 Å². The molecule has 0 aliphatic rings. The zero-order valence-electron chi connectivity index (χ0n) is 10.5. The Labute approximate surface area is 108 Å². The molecule has 90 valence electrons. The maximum Gasteiger partial charge on any atom is 0.170 e. The Hall–Kier alpha value is -2.15. The Morgan fingerprint density at radius 2 is 1.33 bits per heavy atom. The highest BCUT2D eigenvalue weighted by atomic mass is 16.1. The van der Waals surface area contributed by atoms with E-state index in [-0.39, 0.29) is 11.7 Å². The van der Waals surface area contributed by atoms with Gasteiger partial charge in [0.05, 0.1) is 0 Å². The molecular formula is C17H16O. The highest BCUT2D eigenvalue weighted by molar-refractivity contribution is 6.04. The van der Waals surface area contributed by atoms with Crippen molar-refractivity contribution in [1.29, 1.82) is 0 Å². The minimum Gasteiger partial charge on any atom is -0.294 e. The summed E-state index contributed by atoms with van der Waals surface area (Å²) < 4.78 is 0. The Bertz CT molecular complexity index is 489. The van der Waals surface area contributed by atoms with Crippen molar-refractivity contribution in [2.24, 2.45) is 5.92 Å². The molecule has 2 aromatic carbocycles. The fraction of sp³-hybridized carbons (Fsp3) is 0.118. The number of carbonyl (C=O) groups is 1. The van der Waals surface area contributed by atoms with Gasteiger partial charge in [0.15, 0.2) is 5.78 Å². The predicted octanol–water partition coefficient (Wildman–Crippen LogP) is 4.22. The van der Waals surface area contributed by atoms with Crippen molar-refractivity contribution in [1.82, 2.24) is 0 Å². The van der Waals surface area contributed by atoms with E-state index in [1.165, 1.54) is 0 Å². The first kappa shape index (κ1) is 12.3. The first-order valence-electron chi connectivity index (χ1n) is 6.03. The number of Topliss-reactive ketones (excluding diaryl/α,β-unsaturated/α-hetero) is 1. The molecule has 0 bridgehead atoms. The minimum atomic E-state index is -0.199. The third-order valence-corrected chi connectivity index (χ3v) is 3.12. The molecule has 1 heteroatoms. The van der Waals surface area contributed by atoms with Gasteiger partial charge in [-0.15, -0.1) is 0 Å². The summed E-state index contributed by atoms with van der Waals surface area (Å²) in [4.78, 5) is 12.3. The second kappa shape index (κ2) is 5.46. The van der Waals surface area contributed by atoms with Crippen molar-refractivity contribution >= 4 is 11.4 Å². The second-order valence-electron chi connectivity index (χ2n) is 4.34. The van der Waals surface area contributed by atoms with Gasteiger partial charge in [0.25, 0.3) is 0 Å². The summed E-state index contributed by atoms with van der Waals surface area (Å²) in [5, 5.41) is 0. The van der Waals surface area contributed by atoms with Crippen LogP contribution in [0.4, 0.5) is 0 Å². The van der Waals surface area contributed by atoms with Gasteiger partial charge >= 0.3 is 0 Å². The molecular weight excluding hydrogens is 220 g/mol. The second-order valence-corrected chi connectivity index (χ2v) is 4.34. The van der Waals surface area contributed by atoms with Crippen LogP contribution in [0.5, 0.6) is 0 Å². The topological polar surface area (TPSA) is 17.1 Å². The van der Waals surface area contributed by atoms with Crippen LogP contribution >= 0.6 is 0 Å². The van der Waals surface area contributed by atoms with Crippen molar-refractivity contribution in [3.05, 3.63) is 78.4 Å². The van der Waals surface area contributed by atoms with Crippen LogP contribution in [0, 0.1) is 5.92 Å². The molecule has 0 aromatic heterocycles. The molecule has 2 aromatic rings. The molecule has 1 atom stereocenters. The zero-order chi connectivity index (χ0) is 13.0. The Morgan fingerprint density at radius 1 is 0.889 bits per heavy atom. The van der Waals surface area contributed by atoms with Gasteiger partial charge in [0.2, 0.25) is 0 Å². The van der Waals surface area contributed by atoms with Crippen LogP contribution in [-0.4, -0.2) is 5.78 Å². The van der Waals surface area contributed by atoms with Crippen molar-refractivity contribution in [2.45, 2.75) is 6.92 Å². The number of hydrogen-bond acceptors (Lipinski definition) is 1. The number of ketones is 1. The number of rotatable bonds is 4. The number of hydrogen-bond donors (Lipinski definition) is 0. The monoisotopic (exact) mass is 236 g/mol. The number of carbonyl (C=O) groups excluding carboxylic acids is 1. The third kappa shape index (κ3) is 2.57. The maximum atomic E-state index is 12.3. The van der Waals surface area contributed by atoms with Gasteiger partial charge in [-0.05, 0) is 11.1 Å². The number of allylic oxidation sites excluding steroid dienone is 1. The summed E-state index contributed by atoms with van der Waals surface area (Å²) >= 11 is 0. The average molecular weight is 236 g/mol. The van der Waals surface area contributed by atoms with Gasteiger partial charge < -0.3 is 0 Å². The summed E-state index contributed by atoms with van der Waals surface area (Å²) in [6.45, 7) is 5.96. The highest BCUT2D eigenvalue weighted by Crippen LogP contribution is 2.24. The van der Waals surface area contributed by atoms with Crippen LogP contribution in [0.1, 0.15) is 22.8 Å². The highest BCUT2D eigenvalue weighted by Gasteiger charge is 2.18. The van der Waals surface area contributed by atoms with Crippen molar-refractivity contribution in [3.8, 4) is 0 Å². The molecule has 18 heavy (non-hydrogen) atoms. The molecule has 0 aliphatic heterocycles. The lowest BCUT2D eigenvalue weighted by Crippen LogP contribution is -2.12. The largest absolute Gasteiger partial charge is 0.294 e. The molecule has 0 spiro atoms. The SMILES string of the molecule is C=C(c1ccccc1)C(C)C(=O)c1ccccc1. The fourth-order valence-electron chi connectivity index (χ4n) is 1.91. The van der Waals surface area contributed by atoms with E-state index in [9.17, 15) is 4.79 Å². The van der Waals surface area contributed by atoms with Gasteiger partial charge in [0, 0.05) is 11.5 Å². The molecule has 1 unspecified atom stereocenters. The normalized spacial score (nSPS) is 11.8. The summed E-state index contributed by atoms with van der Waals surface area (Å²) in [6.07, 6.45) is 0. The lowest BCUT2D eigenvalue weighted by molar-refractivity contribution is 0.0958. The summed E-state index contributed by atoms with van der Waals surface area (Å²) in [7, 11) is 0. The van der Waals surface area contributed by atoms with Crippen LogP contribution < -0.4 is 0 Å². The molecule has 0 saturated heterocycles. The van der Waals surface area contributed by atoms with E-state index < -0.39 is 0 Å². The van der Waals surface area contributed by atoms with Gasteiger partial charge in [-0.1, -0.05) is 74.2 Å². The van der Waals surface area contributed by atoms with E-state index >= 15 is 0 Å². The van der Waals surface area contributed by atoms with Crippen molar-refractivity contribution in [3.63, 3.8) is 0 Å². The van der Waals surface area contributed by atoms with Crippen LogP contribution in [0.3, 0.4) is 0 Å².